The SMILES string of the molecule is CCc1nc2cc(NC(=O)C3CCC(CN)O3)ccc2o1. The number of benzene rings is 1. The Morgan fingerprint density at radius 2 is 2.33 bits per heavy atom. The van der Waals surface area contributed by atoms with Crippen molar-refractivity contribution < 1.29 is 13.9 Å². The summed E-state index contributed by atoms with van der Waals surface area (Å²) in [6, 6.07) is 5.43. The summed E-state index contributed by atoms with van der Waals surface area (Å²) in [5.74, 6) is 0.558. The van der Waals surface area contributed by atoms with Crippen LogP contribution in [-0.4, -0.2) is 29.6 Å². The van der Waals surface area contributed by atoms with Crippen molar-refractivity contribution >= 4 is 22.7 Å². The van der Waals surface area contributed by atoms with Crippen LogP contribution in [0.1, 0.15) is 25.7 Å². The minimum atomic E-state index is -0.419. The third-order valence-electron chi connectivity index (χ3n) is 3.66. The fraction of sp³-hybridized carbons (Fsp3) is 0.467. The predicted octanol–water partition coefficient (Wildman–Crippen LogP) is 1.83. The van der Waals surface area contributed by atoms with E-state index < -0.39 is 6.10 Å². The van der Waals surface area contributed by atoms with Gasteiger partial charge in [0, 0.05) is 18.7 Å². The molecule has 1 saturated heterocycles. The summed E-state index contributed by atoms with van der Waals surface area (Å²) in [4.78, 5) is 16.5. The molecule has 0 radical (unpaired) electrons. The van der Waals surface area contributed by atoms with Crippen LogP contribution in [0.4, 0.5) is 5.69 Å². The minimum Gasteiger partial charge on any atom is -0.441 e. The van der Waals surface area contributed by atoms with Crippen LogP contribution in [-0.2, 0) is 16.0 Å². The van der Waals surface area contributed by atoms with Crippen molar-refractivity contribution in [3.63, 3.8) is 0 Å². The molecule has 2 atom stereocenters. The molecule has 112 valence electrons. The van der Waals surface area contributed by atoms with Gasteiger partial charge in [-0.05, 0) is 31.0 Å². The number of fused-ring (bicyclic) bond motifs is 1. The fourth-order valence-electron chi connectivity index (χ4n) is 2.50. The molecule has 6 nitrogen and oxygen atoms in total. The molecule has 0 spiro atoms. The predicted molar refractivity (Wildman–Crippen MR) is 79.0 cm³/mol. The maximum Gasteiger partial charge on any atom is 0.253 e. The third kappa shape index (κ3) is 2.91. The lowest BCUT2D eigenvalue weighted by Crippen LogP contribution is -2.29. The second-order valence-corrected chi connectivity index (χ2v) is 5.19. The summed E-state index contributed by atoms with van der Waals surface area (Å²) < 4.78 is 11.1. The highest BCUT2D eigenvalue weighted by Gasteiger charge is 2.29. The smallest absolute Gasteiger partial charge is 0.253 e. The van der Waals surface area contributed by atoms with Crippen LogP contribution in [0, 0.1) is 0 Å². The number of carbonyl (C=O) groups excluding carboxylic acids is 1. The van der Waals surface area contributed by atoms with Crippen molar-refractivity contribution in [2.75, 3.05) is 11.9 Å². The van der Waals surface area contributed by atoms with E-state index in [0.29, 0.717) is 24.5 Å². The fourth-order valence-corrected chi connectivity index (χ4v) is 2.50. The van der Waals surface area contributed by atoms with Crippen molar-refractivity contribution in [1.29, 1.82) is 0 Å². The quantitative estimate of drug-likeness (QED) is 0.896. The normalized spacial score (nSPS) is 21.8. The Bertz CT molecular complexity index is 653. The molecule has 1 aliphatic rings. The van der Waals surface area contributed by atoms with Gasteiger partial charge in [-0.15, -0.1) is 0 Å². The number of nitrogens with two attached hydrogens (primary N) is 1. The van der Waals surface area contributed by atoms with Gasteiger partial charge in [0.2, 0.25) is 0 Å². The number of oxazole rings is 1. The van der Waals surface area contributed by atoms with Crippen molar-refractivity contribution in [2.24, 2.45) is 5.73 Å². The molecule has 1 aromatic heterocycles. The van der Waals surface area contributed by atoms with Crippen LogP contribution in [0.5, 0.6) is 0 Å². The van der Waals surface area contributed by atoms with E-state index in [1.165, 1.54) is 0 Å². The zero-order valence-corrected chi connectivity index (χ0v) is 12.0. The van der Waals surface area contributed by atoms with E-state index in [1.54, 1.807) is 6.07 Å². The molecule has 0 aliphatic carbocycles. The van der Waals surface area contributed by atoms with Gasteiger partial charge in [-0.3, -0.25) is 4.79 Å². The van der Waals surface area contributed by atoms with E-state index in [4.69, 9.17) is 14.9 Å². The van der Waals surface area contributed by atoms with Crippen LogP contribution < -0.4 is 11.1 Å². The summed E-state index contributed by atoms with van der Waals surface area (Å²) in [6.45, 7) is 2.44. The van der Waals surface area contributed by atoms with Gasteiger partial charge >= 0.3 is 0 Å². The molecule has 1 aliphatic heterocycles. The summed E-state index contributed by atoms with van der Waals surface area (Å²) in [6.07, 6.45) is 1.85. The standard InChI is InChI=1S/C15H19N3O3/c1-2-14-18-11-7-9(3-5-12(11)21-14)17-15(19)13-6-4-10(8-16)20-13/h3,5,7,10,13H,2,4,6,8,16H2,1H3,(H,17,19). The number of ether oxygens (including phenoxy) is 1. The average Bonchev–Trinajstić information content (AvgIpc) is 3.12. The van der Waals surface area contributed by atoms with Crippen LogP contribution in [0.15, 0.2) is 22.6 Å². The van der Waals surface area contributed by atoms with E-state index >= 15 is 0 Å². The molecule has 0 bridgehead atoms. The van der Waals surface area contributed by atoms with Crippen LogP contribution >= 0.6 is 0 Å². The average molecular weight is 289 g/mol. The van der Waals surface area contributed by atoms with E-state index in [0.717, 1.165) is 23.9 Å². The van der Waals surface area contributed by atoms with Gasteiger partial charge in [0.05, 0.1) is 6.10 Å². The van der Waals surface area contributed by atoms with Gasteiger partial charge < -0.3 is 20.2 Å². The zero-order chi connectivity index (χ0) is 14.8. The molecule has 0 saturated carbocycles. The Hall–Kier alpha value is -1.92. The molecule has 1 amide bonds. The molecule has 3 N–H and O–H groups in total. The number of anilines is 1. The lowest BCUT2D eigenvalue weighted by molar-refractivity contribution is -0.126. The number of nitrogens with zero attached hydrogens (tertiary/aromatic N) is 1. The summed E-state index contributed by atoms with van der Waals surface area (Å²) in [5.41, 5.74) is 7.72. The third-order valence-corrected chi connectivity index (χ3v) is 3.66. The zero-order valence-electron chi connectivity index (χ0n) is 12.0. The van der Waals surface area contributed by atoms with Crippen LogP contribution in [0.2, 0.25) is 0 Å². The maximum atomic E-state index is 12.2. The first-order valence-electron chi connectivity index (χ1n) is 7.25. The highest BCUT2D eigenvalue weighted by atomic mass is 16.5. The Kier molecular flexibility index (Phi) is 3.90. The van der Waals surface area contributed by atoms with E-state index in [-0.39, 0.29) is 12.0 Å². The molecular weight excluding hydrogens is 270 g/mol. The molecule has 2 unspecified atom stereocenters. The van der Waals surface area contributed by atoms with E-state index in [2.05, 4.69) is 10.3 Å². The summed E-state index contributed by atoms with van der Waals surface area (Å²) in [5, 5.41) is 2.86. The first-order chi connectivity index (χ1) is 10.2. The van der Waals surface area contributed by atoms with E-state index in [1.807, 2.05) is 19.1 Å². The number of amides is 1. The van der Waals surface area contributed by atoms with Crippen LogP contribution in [0.3, 0.4) is 0 Å². The molecule has 2 heterocycles. The molecule has 6 heteroatoms. The van der Waals surface area contributed by atoms with Gasteiger partial charge in [0.25, 0.3) is 5.91 Å². The van der Waals surface area contributed by atoms with Crippen molar-refractivity contribution in [2.45, 2.75) is 38.4 Å². The highest BCUT2D eigenvalue weighted by molar-refractivity contribution is 5.95. The van der Waals surface area contributed by atoms with E-state index in [9.17, 15) is 4.79 Å². The number of hydrogen-bond donors (Lipinski definition) is 2. The van der Waals surface area contributed by atoms with Gasteiger partial charge in [-0.25, -0.2) is 4.98 Å². The first-order valence-corrected chi connectivity index (χ1v) is 7.25. The van der Waals surface area contributed by atoms with Gasteiger partial charge in [0.15, 0.2) is 11.5 Å². The maximum absolute atomic E-state index is 12.2. The summed E-state index contributed by atoms with van der Waals surface area (Å²) >= 11 is 0. The number of hydrogen-bond acceptors (Lipinski definition) is 5. The Morgan fingerprint density at radius 3 is 3.05 bits per heavy atom. The number of nitrogens with one attached hydrogen (secondary N) is 1. The Balaban J connectivity index is 1.71. The van der Waals surface area contributed by atoms with Crippen molar-refractivity contribution in [3.8, 4) is 0 Å². The molecule has 3 rings (SSSR count). The van der Waals surface area contributed by atoms with Gasteiger partial charge in [-0.1, -0.05) is 6.92 Å². The van der Waals surface area contributed by atoms with Crippen molar-refractivity contribution in [3.05, 3.63) is 24.1 Å². The summed E-state index contributed by atoms with van der Waals surface area (Å²) in [7, 11) is 0. The highest BCUT2D eigenvalue weighted by Crippen LogP contribution is 2.23. The second kappa shape index (κ2) is 5.83. The lowest BCUT2D eigenvalue weighted by Gasteiger charge is -2.12. The Labute approximate surface area is 122 Å². The lowest BCUT2D eigenvalue weighted by atomic mass is 10.2. The first kappa shape index (κ1) is 14.0. The monoisotopic (exact) mass is 289 g/mol. The van der Waals surface area contributed by atoms with Gasteiger partial charge in [-0.2, -0.15) is 0 Å². The molecule has 21 heavy (non-hydrogen) atoms. The number of rotatable bonds is 4. The van der Waals surface area contributed by atoms with Gasteiger partial charge in [0.1, 0.15) is 11.6 Å². The molecule has 1 fully saturated rings. The molecule has 2 aromatic rings. The Morgan fingerprint density at radius 1 is 1.48 bits per heavy atom. The van der Waals surface area contributed by atoms with Crippen molar-refractivity contribution in [1.82, 2.24) is 4.98 Å². The number of aromatic nitrogens is 1. The largest absolute Gasteiger partial charge is 0.441 e. The molecular formula is C15H19N3O3. The minimum absolute atomic E-state index is 0.00844. The topological polar surface area (TPSA) is 90.4 Å². The molecule has 1 aromatic carbocycles. The number of aryl methyl sites for hydroxylation is 1. The van der Waals surface area contributed by atoms with Crippen LogP contribution in [0.25, 0.3) is 11.1 Å². The second-order valence-electron chi connectivity index (χ2n) is 5.19. The number of carbonyl (C=O) groups is 1.